The van der Waals surface area contributed by atoms with Crippen LogP contribution in [0.2, 0.25) is 10.0 Å². The fraction of sp³-hybridized carbons (Fsp3) is 0.250. The Morgan fingerprint density at radius 3 is 2.52 bits per heavy atom. The molecule has 0 N–H and O–H groups in total. The molecule has 3 aromatic rings. The largest absolute Gasteiger partial charge is 0.497 e. The van der Waals surface area contributed by atoms with E-state index in [9.17, 15) is 0 Å². The van der Waals surface area contributed by atoms with Crippen molar-refractivity contribution >= 4 is 40.2 Å². The molecule has 3 rings (SSSR count). The Hall–Kier alpha value is -1.79. The van der Waals surface area contributed by atoms with Crippen molar-refractivity contribution in [1.29, 1.82) is 0 Å². The number of hydrogen-bond donors (Lipinski definition) is 0. The first-order chi connectivity index (χ1) is 13.1. The number of halogens is 2. The summed E-state index contributed by atoms with van der Waals surface area (Å²) in [5.74, 6) is 0.807. The molecule has 4 nitrogen and oxygen atoms in total. The smallest absolute Gasteiger partial charge is 0.190 e. The first-order valence-corrected chi connectivity index (χ1v) is 10.1. The summed E-state index contributed by atoms with van der Waals surface area (Å²) >= 11 is 14.1. The number of hydrogen-bond acceptors (Lipinski definition) is 4. The van der Waals surface area contributed by atoms with Crippen LogP contribution in [0.5, 0.6) is 5.75 Å². The maximum absolute atomic E-state index is 6.44. The highest BCUT2D eigenvalue weighted by Crippen LogP contribution is 2.31. The molecule has 0 spiro atoms. The SMILES string of the molecule is COCCCn1c(-c2ccc(Cl)cc2Cl)csc1=Nc1ccc(OC)cc1. The van der Waals surface area contributed by atoms with Gasteiger partial charge in [0.1, 0.15) is 5.75 Å². The van der Waals surface area contributed by atoms with Crippen LogP contribution >= 0.6 is 34.5 Å². The predicted octanol–water partition coefficient (Wildman–Crippen LogP) is 5.80. The van der Waals surface area contributed by atoms with Crippen LogP contribution in [0.25, 0.3) is 11.3 Å². The first-order valence-electron chi connectivity index (χ1n) is 8.44. The van der Waals surface area contributed by atoms with Crippen LogP contribution in [0.3, 0.4) is 0 Å². The van der Waals surface area contributed by atoms with Crippen molar-refractivity contribution in [1.82, 2.24) is 4.57 Å². The summed E-state index contributed by atoms with van der Waals surface area (Å²) in [6.45, 7) is 1.46. The van der Waals surface area contributed by atoms with Crippen LogP contribution in [0, 0.1) is 0 Å². The number of methoxy groups -OCH3 is 2. The van der Waals surface area contributed by atoms with E-state index in [0.717, 1.165) is 40.5 Å². The van der Waals surface area contributed by atoms with Gasteiger partial charge in [-0.05, 0) is 48.9 Å². The molecular formula is C20H20Cl2N2O2S. The van der Waals surface area contributed by atoms with Crippen LogP contribution < -0.4 is 9.54 Å². The molecule has 2 aromatic carbocycles. The second-order valence-electron chi connectivity index (χ2n) is 5.84. The third kappa shape index (κ3) is 4.93. The fourth-order valence-electron chi connectivity index (χ4n) is 2.68. The van der Waals surface area contributed by atoms with Gasteiger partial charge >= 0.3 is 0 Å². The number of thiazole rings is 1. The average Bonchev–Trinajstić information content (AvgIpc) is 3.05. The van der Waals surface area contributed by atoms with Crippen LogP contribution in [0.4, 0.5) is 5.69 Å². The van der Waals surface area contributed by atoms with Gasteiger partial charge in [0.15, 0.2) is 4.80 Å². The molecule has 0 radical (unpaired) electrons. The Balaban J connectivity index is 2.05. The van der Waals surface area contributed by atoms with Gasteiger partial charge in [0.2, 0.25) is 0 Å². The molecule has 0 atom stereocenters. The molecule has 7 heteroatoms. The van der Waals surface area contributed by atoms with Crippen molar-refractivity contribution in [2.24, 2.45) is 4.99 Å². The van der Waals surface area contributed by atoms with E-state index in [4.69, 9.17) is 37.7 Å². The Bertz CT molecular complexity index is 965. The predicted molar refractivity (Wildman–Crippen MR) is 112 cm³/mol. The fourth-order valence-corrected chi connectivity index (χ4v) is 4.13. The highest BCUT2D eigenvalue weighted by atomic mass is 35.5. The lowest BCUT2D eigenvalue weighted by Crippen LogP contribution is -2.17. The third-order valence-electron chi connectivity index (χ3n) is 4.03. The second kappa shape index (κ2) is 9.42. The van der Waals surface area contributed by atoms with E-state index in [1.165, 1.54) is 0 Å². The van der Waals surface area contributed by atoms with Gasteiger partial charge in [-0.25, -0.2) is 4.99 Å². The van der Waals surface area contributed by atoms with E-state index in [1.54, 1.807) is 31.6 Å². The summed E-state index contributed by atoms with van der Waals surface area (Å²) in [5, 5.41) is 3.31. The van der Waals surface area contributed by atoms with Crippen molar-refractivity contribution in [3.8, 4) is 17.0 Å². The summed E-state index contributed by atoms with van der Waals surface area (Å²) in [6, 6.07) is 13.2. The first kappa shape index (κ1) is 20.0. The molecule has 0 aliphatic heterocycles. The van der Waals surface area contributed by atoms with Gasteiger partial charge in [0.05, 0.1) is 23.5 Å². The minimum Gasteiger partial charge on any atom is -0.497 e. The molecule has 0 aliphatic carbocycles. The van der Waals surface area contributed by atoms with Crippen molar-refractivity contribution < 1.29 is 9.47 Å². The maximum Gasteiger partial charge on any atom is 0.190 e. The second-order valence-corrected chi connectivity index (χ2v) is 7.52. The molecule has 142 valence electrons. The Morgan fingerprint density at radius 1 is 1.07 bits per heavy atom. The van der Waals surface area contributed by atoms with Gasteiger partial charge in [-0.3, -0.25) is 0 Å². The van der Waals surface area contributed by atoms with Crippen LogP contribution in [0.1, 0.15) is 6.42 Å². The topological polar surface area (TPSA) is 35.8 Å². The normalized spacial score (nSPS) is 11.8. The number of benzene rings is 2. The Morgan fingerprint density at radius 2 is 1.85 bits per heavy atom. The van der Waals surface area contributed by atoms with Gasteiger partial charge in [0, 0.05) is 36.2 Å². The van der Waals surface area contributed by atoms with Crippen LogP contribution in [-0.4, -0.2) is 25.4 Å². The molecule has 0 unspecified atom stereocenters. The summed E-state index contributed by atoms with van der Waals surface area (Å²) in [5.41, 5.74) is 2.82. The number of nitrogens with zero attached hydrogens (tertiary/aromatic N) is 2. The van der Waals surface area contributed by atoms with Crippen LogP contribution in [0.15, 0.2) is 52.8 Å². The Kier molecular flexibility index (Phi) is 6.96. The zero-order valence-electron chi connectivity index (χ0n) is 15.1. The summed E-state index contributed by atoms with van der Waals surface area (Å²) in [4.78, 5) is 5.70. The summed E-state index contributed by atoms with van der Waals surface area (Å²) < 4.78 is 12.6. The lowest BCUT2D eigenvalue weighted by molar-refractivity contribution is 0.190. The zero-order chi connectivity index (χ0) is 19.2. The number of aromatic nitrogens is 1. The zero-order valence-corrected chi connectivity index (χ0v) is 17.4. The quantitative estimate of drug-likeness (QED) is 0.450. The minimum atomic E-state index is 0.619. The van der Waals surface area contributed by atoms with Gasteiger partial charge in [-0.1, -0.05) is 23.2 Å². The van der Waals surface area contributed by atoms with Crippen molar-refractivity contribution in [2.75, 3.05) is 20.8 Å². The van der Waals surface area contributed by atoms with Crippen molar-refractivity contribution in [2.45, 2.75) is 13.0 Å². The van der Waals surface area contributed by atoms with Crippen molar-refractivity contribution in [3.63, 3.8) is 0 Å². The standard InChI is InChI=1S/C20H20Cl2N2O2S/c1-25-11-3-10-24-19(17-9-4-14(21)12-18(17)22)13-27-20(24)23-15-5-7-16(26-2)8-6-15/h4-9,12-13H,3,10-11H2,1-2H3. The highest BCUT2D eigenvalue weighted by molar-refractivity contribution is 7.07. The lowest BCUT2D eigenvalue weighted by Gasteiger charge is -2.10. The molecule has 0 saturated carbocycles. The van der Waals surface area contributed by atoms with Gasteiger partial charge in [-0.2, -0.15) is 0 Å². The molecule has 0 aliphatic rings. The number of rotatable bonds is 7. The molecule has 1 aromatic heterocycles. The van der Waals surface area contributed by atoms with E-state index in [0.29, 0.717) is 16.7 Å². The van der Waals surface area contributed by atoms with Crippen molar-refractivity contribution in [3.05, 3.63) is 62.7 Å². The molecular weight excluding hydrogens is 403 g/mol. The van der Waals surface area contributed by atoms with E-state index in [-0.39, 0.29) is 0 Å². The van der Waals surface area contributed by atoms with E-state index in [2.05, 4.69) is 9.95 Å². The Labute approximate surface area is 172 Å². The van der Waals surface area contributed by atoms with Gasteiger partial charge < -0.3 is 14.0 Å². The average molecular weight is 423 g/mol. The lowest BCUT2D eigenvalue weighted by atomic mass is 10.1. The minimum absolute atomic E-state index is 0.619. The third-order valence-corrected chi connectivity index (χ3v) is 5.44. The monoisotopic (exact) mass is 422 g/mol. The molecule has 0 fully saturated rings. The van der Waals surface area contributed by atoms with E-state index < -0.39 is 0 Å². The van der Waals surface area contributed by atoms with E-state index >= 15 is 0 Å². The molecule has 0 bridgehead atoms. The summed E-state index contributed by atoms with van der Waals surface area (Å²) in [6.07, 6.45) is 0.876. The number of ether oxygens (including phenoxy) is 2. The van der Waals surface area contributed by atoms with Gasteiger partial charge in [-0.15, -0.1) is 11.3 Å². The van der Waals surface area contributed by atoms with Crippen LogP contribution in [-0.2, 0) is 11.3 Å². The molecule has 0 saturated heterocycles. The van der Waals surface area contributed by atoms with Gasteiger partial charge in [0.25, 0.3) is 0 Å². The molecule has 1 heterocycles. The van der Waals surface area contributed by atoms with E-state index in [1.807, 2.05) is 36.4 Å². The molecule has 0 amide bonds. The molecule has 27 heavy (non-hydrogen) atoms. The highest BCUT2D eigenvalue weighted by Gasteiger charge is 2.12. The maximum atomic E-state index is 6.44. The summed E-state index contributed by atoms with van der Waals surface area (Å²) in [7, 11) is 3.36.